The molecule has 1 N–H and O–H groups in total. The topological polar surface area (TPSA) is 83.2 Å². The van der Waals surface area contributed by atoms with Crippen molar-refractivity contribution in [1.82, 2.24) is 19.8 Å². The maximum Gasteiger partial charge on any atom is 0.522 e. The molecular formula is C37H33Cl2F4N5O2. The fraction of sp³-hybridized carbons (Fsp3) is 0.486. The minimum atomic E-state index is -4.80. The Morgan fingerprint density at radius 1 is 1.16 bits per heavy atom. The van der Waals surface area contributed by atoms with Crippen LogP contribution in [0.3, 0.4) is 0 Å². The number of amides is 1. The van der Waals surface area contributed by atoms with E-state index in [1.165, 1.54) is 0 Å². The zero-order valence-electron chi connectivity index (χ0n) is 27.0. The second-order valence-corrected chi connectivity index (χ2v) is 15.4. The predicted molar refractivity (Wildman–Crippen MR) is 180 cm³/mol. The molecule has 2 aromatic heterocycles. The molecule has 3 aliphatic carbocycles. The van der Waals surface area contributed by atoms with Crippen LogP contribution >= 0.6 is 23.2 Å². The van der Waals surface area contributed by atoms with Crippen LogP contribution < -0.4 is 5.32 Å². The van der Waals surface area contributed by atoms with Gasteiger partial charge in [0.2, 0.25) is 5.91 Å². The summed E-state index contributed by atoms with van der Waals surface area (Å²) >= 11 is 13.0. The molecule has 7 nitrogen and oxygen atoms in total. The minimum absolute atomic E-state index is 0.00736. The average Bonchev–Trinajstić information content (AvgIpc) is 3.44. The largest absolute Gasteiger partial charge is 0.522 e. The number of likely N-dealkylation sites (tertiary alicyclic amines) is 1. The van der Waals surface area contributed by atoms with Gasteiger partial charge in [0.1, 0.15) is 5.52 Å². The highest BCUT2D eigenvalue weighted by Gasteiger charge is 2.59. The van der Waals surface area contributed by atoms with E-state index >= 15 is 4.39 Å². The van der Waals surface area contributed by atoms with Gasteiger partial charge in [-0.05, 0) is 75.1 Å². The first kappa shape index (κ1) is 32.5. The predicted octanol–water partition coefficient (Wildman–Crippen LogP) is 8.58. The molecule has 4 bridgehead atoms. The highest BCUT2D eigenvalue weighted by Crippen LogP contribution is 2.57. The fourth-order valence-electron chi connectivity index (χ4n) is 9.59. The lowest BCUT2D eigenvalue weighted by Crippen LogP contribution is -2.48. The van der Waals surface area contributed by atoms with Crippen molar-refractivity contribution in [2.75, 3.05) is 6.54 Å². The number of benzene rings is 2. The van der Waals surface area contributed by atoms with E-state index in [-0.39, 0.29) is 76.3 Å². The first-order valence-electron chi connectivity index (χ1n) is 17.2. The zero-order valence-corrected chi connectivity index (χ0v) is 28.5. The third-order valence-corrected chi connectivity index (χ3v) is 12.6. The Bertz CT molecular complexity index is 2130. The van der Waals surface area contributed by atoms with E-state index in [0.29, 0.717) is 28.6 Å². The number of halogens is 6. The quantitative estimate of drug-likeness (QED) is 0.193. The van der Waals surface area contributed by atoms with Gasteiger partial charge in [0.05, 0.1) is 39.8 Å². The van der Waals surface area contributed by atoms with E-state index in [4.69, 9.17) is 32.9 Å². The summed E-state index contributed by atoms with van der Waals surface area (Å²) in [5.41, 5.74) is 3.38. The number of alkyl halides is 3. The van der Waals surface area contributed by atoms with Gasteiger partial charge in [0, 0.05) is 70.2 Å². The number of nitriles is 1. The summed E-state index contributed by atoms with van der Waals surface area (Å²) in [6.45, 7) is 2.60. The molecule has 50 heavy (non-hydrogen) atoms. The van der Waals surface area contributed by atoms with E-state index < -0.39 is 30.2 Å². The number of aromatic nitrogens is 2. The number of carbonyl (C=O) groups excluding carboxylic acids is 1. The third kappa shape index (κ3) is 4.89. The van der Waals surface area contributed by atoms with Crippen LogP contribution in [0.2, 0.25) is 10.0 Å². The monoisotopic (exact) mass is 725 g/mol. The standard InChI is InChI=1S/C37H33Cl2F4N5O2/c1-16-22-14-27(35-23-12-20(13-28(23)50-37(41,42)43)47(35)36(49)17-7-8-17)48(33-19-11-26(33)45-15-19)34(22)24-10-18(4-3-9-44)29(31(40)32(24)46-16)21-5-2-6-25(38)30(21)39/h2,5-6,10,14,17,19-20,23,26,28,33,35,45H,3-4,7-8,11-13,15H2,1H3. The van der Waals surface area contributed by atoms with E-state index in [9.17, 15) is 23.2 Å². The summed E-state index contributed by atoms with van der Waals surface area (Å²) in [4.78, 5) is 20.6. The Morgan fingerprint density at radius 3 is 2.64 bits per heavy atom. The molecule has 6 aliphatic rings. The third-order valence-electron chi connectivity index (χ3n) is 11.8. The van der Waals surface area contributed by atoms with Crippen LogP contribution in [0.25, 0.3) is 32.9 Å². The smallest absolute Gasteiger partial charge is 0.337 e. The lowest BCUT2D eigenvalue weighted by Gasteiger charge is -2.43. The van der Waals surface area contributed by atoms with Crippen LogP contribution in [0.15, 0.2) is 30.3 Å². The van der Waals surface area contributed by atoms with E-state index in [0.717, 1.165) is 42.4 Å². The number of hydrogen-bond donors (Lipinski definition) is 1. The summed E-state index contributed by atoms with van der Waals surface area (Å²) in [5, 5.41) is 14.9. The molecule has 0 spiro atoms. The summed E-state index contributed by atoms with van der Waals surface area (Å²) in [5.74, 6) is -1.00. The van der Waals surface area contributed by atoms with Gasteiger partial charge in [-0.3, -0.25) is 9.53 Å². The van der Waals surface area contributed by atoms with Gasteiger partial charge >= 0.3 is 6.36 Å². The van der Waals surface area contributed by atoms with Crippen LogP contribution in [-0.2, 0) is 16.0 Å². The molecular weight excluding hydrogens is 693 g/mol. The molecule has 6 fully saturated rings. The Balaban J connectivity index is 1.31. The molecule has 7 unspecified atom stereocenters. The number of aryl methyl sites for hydroxylation is 2. The van der Waals surface area contributed by atoms with Gasteiger partial charge in [0.25, 0.3) is 0 Å². The van der Waals surface area contributed by atoms with Gasteiger partial charge in [-0.25, -0.2) is 9.37 Å². The maximum atomic E-state index is 17.1. The van der Waals surface area contributed by atoms with Crippen molar-refractivity contribution >= 4 is 50.9 Å². The number of hydrogen-bond acceptors (Lipinski definition) is 5. The maximum absolute atomic E-state index is 17.1. The lowest BCUT2D eigenvalue weighted by molar-refractivity contribution is -0.349. The van der Waals surface area contributed by atoms with Gasteiger partial charge < -0.3 is 14.8 Å². The van der Waals surface area contributed by atoms with Crippen molar-refractivity contribution in [1.29, 1.82) is 5.26 Å². The van der Waals surface area contributed by atoms with Crippen LogP contribution in [0.5, 0.6) is 0 Å². The molecule has 10 rings (SSSR count). The molecule has 2 aromatic carbocycles. The molecule has 0 radical (unpaired) electrons. The summed E-state index contributed by atoms with van der Waals surface area (Å²) in [6, 6.07) is 10.1. The van der Waals surface area contributed by atoms with Gasteiger partial charge in [-0.15, -0.1) is 13.2 Å². The highest BCUT2D eigenvalue weighted by atomic mass is 35.5. The summed E-state index contributed by atoms with van der Waals surface area (Å²) in [7, 11) is 0. The van der Waals surface area contributed by atoms with Gasteiger partial charge in [0.15, 0.2) is 5.82 Å². The number of ether oxygens (including phenoxy) is 1. The minimum Gasteiger partial charge on any atom is -0.337 e. The molecule has 4 aromatic rings. The SMILES string of the molecule is Cc1nc2c(F)c(-c3cccc(Cl)c3Cl)c(CCC#N)cc2c2c1cc(C1C3CC(CC3OC(F)(F)F)N1C(=O)C1CC1)n2C1C2CNC1C2. The van der Waals surface area contributed by atoms with Crippen LogP contribution in [0.1, 0.15) is 67.6 Å². The second-order valence-electron chi connectivity index (χ2n) is 14.6. The van der Waals surface area contributed by atoms with Crippen molar-refractivity contribution in [3.63, 3.8) is 0 Å². The van der Waals surface area contributed by atoms with Gasteiger partial charge in [-0.1, -0.05) is 35.3 Å². The van der Waals surface area contributed by atoms with Crippen molar-refractivity contribution in [3.05, 3.63) is 63.1 Å². The summed E-state index contributed by atoms with van der Waals surface area (Å²) < 4.78 is 65.2. The number of nitrogens with one attached hydrogen (secondary N) is 1. The Hall–Kier alpha value is -3.43. The number of piperidine rings is 1. The molecule has 1 amide bonds. The number of rotatable bonds is 7. The lowest BCUT2D eigenvalue weighted by atomic mass is 9.79. The first-order valence-corrected chi connectivity index (χ1v) is 18.0. The van der Waals surface area contributed by atoms with Crippen LogP contribution in [0.4, 0.5) is 17.6 Å². The number of carbonyl (C=O) groups is 1. The molecule has 3 saturated heterocycles. The number of nitrogens with zero attached hydrogens (tertiary/aromatic N) is 4. The molecule has 5 heterocycles. The fourth-order valence-corrected chi connectivity index (χ4v) is 9.99. The molecule has 7 atom stereocenters. The Morgan fingerprint density at radius 2 is 1.96 bits per heavy atom. The first-order chi connectivity index (χ1) is 23.9. The van der Waals surface area contributed by atoms with Crippen molar-refractivity contribution in [2.24, 2.45) is 17.8 Å². The van der Waals surface area contributed by atoms with Gasteiger partial charge in [-0.2, -0.15) is 5.26 Å². The van der Waals surface area contributed by atoms with Crippen molar-refractivity contribution in [3.8, 4) is 17.2 Å². The average molecular weight is 727 g/mol. The van der Waals surface area contributed by atoms with Crippen LogP contribution in [-0.4, -0.2) is 51.5 Å². The van der Waals surface area contributed by atoms with E-state index in [2.05, 4.69) is 16.0 Å². The van der Waals surface area contributed by atoms with Crippen molar-refractivity contribution in [2.45, 2.75) is 88.5 Å². The van der Waals surface area contributed by atoms with E-state index in [1.54, 1.807) is 18.2 Å². The normalized spacial score (nSPS) is 28.5. The Kier molecular flexibility index (Phi) is 7.50. The Labute approximate surface area is 295 Å². The molecule has 3 aliphatic heterocycles. The zero-order chi connectivity index (χ0) is 34.8. The second kappa shape index (κ2) is 11.5. The number of pyridine rings is 1. The molecule has 260 valence electrons. The van der Waals surface area contributed by atoms with Crippen LogP contribution in [0, 0.1) is 41.8 Å². The summed E-state index contributed by atoms with van der Waals surface area (Å²) in [6.07, 6.45) is -2.43. The van der Waals surface area contributed by atoms with E-state index in [1.807, 2.05) is 24.0 Å². The van der Waals surface area contributed by atoms with Crippen molar-refractivity contribution < 1.29 is 27.1 Å². The molecule has 3 saturated carbocycles. The molecule has 13 heteroatoms. The number of fused-ring (bicyclic) bond motifs is 6. The highest BCUT2D eigenvalue weighted by molar-refractivity contribution is 6.43.